The molecule has 2 N–H and O–H groups in total. The highest BCUT2D eigenvalue weighted by Crippen LogP contribution is 2.00. The van der Waals surface area contributed by atoms with Crippen molar-refractivity contribution in [2.75, 3.05) is 19.6 Å². The van der Waals surface area contributed by atoms with Gasteiger partial charge in [0.05, 0.1) is 18.7 Å². The van der Waals surface area contributed by atoms with Crippen LogP contribution in [-0.2, 0) is 11.3 Å². The van der Waals surface area contributed by atoms with E-state index in [1.807, 2.05) is 20.0 Å². The summed E-state index contributed by atoms with van der Waals surface area (Å²) in [6.45, 7) is 7.09. The lowest BCUT2D eigenvalue weighted by Crippen LogP contribution is -2.44. The van der Waals surface area contributed by atoms with Gasteiger partial charge in [0.15, 0.2) is 0 Å². The van der Waals surface area contributed by atoms with Crippen LogP contribution in [0.5, 0.6) is 0 Å². The zero-order valence-corrected chi connectivity index (χ0v) is 12.2. The van der Waals surface area contributed by atoms with Crippen molar-refractivity contribution in [3.05, 3.63) is 18.0 Å². The first-order chi connectivity index (χ1) is 9.43. The Hall–Kier alpha value is -2.05. The Labute approximate surface area is 118 Å². The molecule has 0 bridgehead atoms. The van der Waals surface area contributed by atoms with E-state index in [9.17, 15) is 9.59 Å². The lowest BCUT2D eigenvalue weighted by atomic mass is 10.2. The van der Waals surface area contributed by atoms with Crippen LogP contribution >= 0.6 is 0 Å². The normalized spacial score (nSPS) is 11.9. The molecule has 0 spiro atoms. The van der Waals surface area contributed by atoms with Crippen LogP contribution < -0.4 is 5.32 Å². The van der Waals surface area contributed by atoms with Crippen LogP contribution in [0.4, 0.5) is 4.79 Å². The number of aromatic nitrogens is 2. The topological polar surface area (TPSA) is 87.5 Å². The fourth-order valence-corrected chi connectivity index (χ4v) is 1.74. The molecule has 0 aliphatic rings. The minimum atomic E-state index is -0.900. The summed E-state index contributed by atoms with van der Waals surface area (Å²) in [5, 5.41) is 15.8. The molecule has 0 aliphatic carbocycles. The number of aliphatic carboxylic acids is 1. The molecule has 7 heteroatoms. The molecule has 1 heterocycles. The Kier molecular flexibility index (Phi) is 6.02. The third kappa shape index (κ3) is 4.91. The lowest BCUT2D eigenvalue weighted by Gasteiger charge is -2.23. The Balaban J connectivity index is 2.37. The zero-order chi connectivity index (χ0) is 15.1. The molecule has 0 radical (unpaired) electrons. The van der Waals surface area contributed by atoms with E-state index in [1.165, 1.54) is 4.90 Å². The van der Waals surface area contributed by atoms with Crippen LogP contribution in [0.2, 0.25) is 0 Å². The summed E-state index contributed by atoms with van der Waals surface area (Å²) >= 11 is 0. The first-order valence-corrected chi connectivity index (χ1v) is 6.68. The number of nitrogens with one attached hydrogen (secondary N) is 1. The highest BCUT2D eigenvalue weighted by Gasteiger charge is 2.18. The van der Waals surface area contributed by atoms with E-state index in [2.05, 4.69) is 10.4 Å². The Morgan fingerprint density at radius 2 is 2.25 bits per heavy atom. The van der Waals surface area contributed by atoms with Crippen LogP contribution in [0.25, 0.3) is 0 Å². The fourth-order valence-electron chi connectivity index (χ4n) is 1.74. The first kappa shape index (κ1) is 16.0. The summed E-state index contributed by atoms with van der Waals surface area (Å²) in [6.07, 6.45) is 3.66. The molecular weight excluding hydrogens is 260 g/mol. The van der Waals surface area contributed by atoms with E-state index < -0.39 is 11.9 Å². The predicted octanol–water partition coefficient (Wildman–Crippen LogP) is 0.944. The van der Waals surface area contributed by atoms with Crippen molar-refractivity contribution in [2.45, 2.75) is 27.3 Å². The molecule has 20 heavy (non-hydrogen) atoms. The number of amides is 2. The van der Waals surface area contributed by atoms with Gasteiger partial charge in [-0.2, -0.15) is 5.10 Å². The summed E-state index contributed by atoms with van der Waals surface area (Å²) < 4.78 is 1.76. The molecule has 1 aromatic heterocycles. The standard InChI is InChI=1S/C13H22N4O3/c1-4-16(9-11(3)12(18)19)13(20)14-5-6-17-8-10(2)7-15-17/h7-8,11H,4-6,9H2,1-3H3,(H,14,20)(H,18,19). The lowest BCUT2D eigenvalue weighted by molar-refractivity contribution is -0.141. The second-order valence-corrected chi connectivity index (χ2v) is 4.79. The van der Waals surface area contributed by atoms with Gasteiger partial charge in [-0.1, -0.05) is 6.92 Å². The monoisotopic (exact) mass is 282 g/mol. The summed E-state index contributed by atoms with van der Waals surface area (Å²) in [5.74, 6) is -1.47. The smallest absolute Gasteiger partial charge is 0.317 e. The minimum Gasteiger partial charge on any atom is -0.481 e. The second kappa shape index (κ2) is 7.52. The largest absolute Gasteiger partial charge is 0.481 e. The van der Waals surface area contributed by atoms with Crippen LogP contribution in [0, 0.1) is 12.8 Å². The summed E-state index contributed by atoms with van der Waals surface area (Å²) in [6, 6.07) is -0.246. The maximum absolute atomic E-state index is 11.9. The molecule has 7 nitrogen and oxygen atoms in total. The van der Waals surface area contributed by atoms with Crippen molar-refractivity contribution >= 4 is 12.0 Å². The van der Waals surface area contributed by atoms with Gasteiger partial charge in [0.25, 0.3) is 0 Å². The van der Waals surface area contributed by atoms with Crippen LogP contribution in [0.3, 0.4) is 0 Å². The van der Waals surface area contributed by atoms with E-state index in [4.69, 9.17) is 5.11 Å². The van der Waals surface area contributed by atoms with Crippen LogP contribution in [0.15, 0.2) is 12.4 Å². The number of hydrogen-bond donors (Lipinski definition) is 2. The highest BCUT2D eigenvalue weighted by molar-refractivity contribution is 5.75. The number of nitrogens with zero attached hydrogens (tertiary/aromatic N) is 3. The van der Waals surface area contributed by atoms with Gasteiger partial charge >= 0.3 is 12.0 Å². The zero-order valence-electron chi connectivity index (χ0n) is 12.2. The van der Waals surface area contributed by atoms with E-state index in [1.54, 1.807) is 17.8 Å². The number of hydrogen-bond acceptors (Lipinski definition) is 3. The average molecular weight is 282 g/mol. The van der Waals surface area contributed by atoms with Gasteiger partial charge in [-0.3, -0.25) is 9.48 Å². The van der Waals surface area contributed by atoms with E-state index in [-0.39, 0.29) is 12.6 Å². The first-order valence-electron chi connectivity index (χ1n) is 6.68. The van der Waals surface area contributed by atoms with Crippen molar-refractivity contribution in [3.8, 4) is 0 Å². The maximum Gasteiger partial charge on any atom is 0.317 e. The third-order valence-corrected chi connectivity index (χ3v) is 2.96. The van der Waals surface area contributed by atoms with Crippen molar-refractivity contribution in [3.63, 3.8) is 0 Å². The number of carbonyl (C=O) groups is 2. The Morgan fingerprint density at radius 1 is 1.55 bits per heavy atom. The molecule has 112 valence electrons. The molecule has 1 unspecified atom stereocenters. The molecule has 0 saturated carbocycles. The van der Waals surface area contributed by atoms with E-state index in [0.29, 0.717) is 19.6 Å². The molecule has 1 atom stereocenters. The number of carboxylic acid groups (broad SMARTS) is 1. The Morgan fingerprint density at radius 3 is 2.75 bits per heavy atom. The predicted molar refractivity (Wildman–Crippen MR) is 74.4 cm³/mol. The number of carboxylic acids is 1. The van der Waals surface area contributed by atoms with Gasteiger partial charge in [-0.15, -0.1) is 0 Å². The number of urea groups is 1. The van der Waals surface area contributed by atoms with Gasteiger partial charge in [0.2, 0.25) is 0 Å². The molecule has 1 aromatic rings. The Bertz CT molecular complexity index is 458. The SMILES string of the molecule is CCN(CC(C)C(=O)O)C(=O)NCCn1cc(C)cn1. The summed E-state index contributed by atoms with van der Waals surface area (Å²) in [7, 11) is 0. The van der Waals surface area contributed by atoms with Crippen molar-refractivity contribution in [1.29, 1.82) is 0 Å². The minimum absolute atomic E-state index is 0.207. The van der Waals surface area contributed by atoms with Crippen molar-refractivity contribution in [2.24, 2.45) is 5.92 Å². The summed E-state index contributed by atoms with van der Waals surface area (Å²) in [4.78, 5) is 24.2. The molecular formula is C13H22N4O3. The van der Waals surface area contributed by atoms with E-state index in [0.717, 1.165) is 5.56 Å². The molecule has 0 fully saturated rings. The highest BCUT2D eigenvalue weighted by atomic mass is 16.4. The van der Waals surface area contributed by atoms with Gasteiger partial charge in [-0.25, -0.2) is 4.79 Å². The van der Waals surface area contributed by atoms with Crippen LogP contribution in [0.1, 0.15) is 19.4 Å². The third-order valence-electron chi connectivity index (χ3n) is 2.96. The number of carbonyl (C=O) groups excluding carboxylic acids is 1. The maximum atomic E-state index is 11.9. The van der Waals surface area contributed by atoms with Gasteiger partial charge in [-0.05, 0) is 19.4 Å². The quantitative estimate of drug-likeness (QED) is 0.779. The molecule has 2 amide bonds. The number of aryl methyl sites for hydroxylation is 1. The van der Waals surface area contributed by atoms with Gasteiger partial charge < -0.3 is 15.3 Å². The number of rotatable bonds is 7. The van der Waals surface area contributed by atoms with Crippen LogP contribution in [-0.4, -0.2) is 51.4 Å². The molecule has 0 aromatic carbocycles. The van der Waals surface area contributed by atoms with Gasteiger partial charge in [0, 0.05) is 25.8 Å². The fraction of sp³-hybridized carbons (Fsp3) is 0.615. The molecule has 0 saturated heterocycles. The molecule has 0 aliphatic heterocycles. The second-order valence-electron chi connectivity index (χ2n) is 4.79. The molecule has 1 rings (SSSR count). The van der Waals surface area contributed by atoms with Crippen molar-refractivity contribution in [1.82, 2.24) is 20.0 Å². The van der Waals surface area contributed by atoms with E-state index >= 15 is 0 Å². The van der Waals surface area contributed by atoms with Crippen molar-refractivity contribution < 1.29 is 14.7 Å². The van der Waals surface area contributed by atoms with Gasteiger partial charge in [0.1, 0.15) is 0 Å². The average Bonchev–Trinajstić information content (AvgIpc) is 2.81. The summed E-state index contributed by atoms with van der Waals surface area (Å²) in [5.41, 5.74) is 1.07.